The molecule has 11 heteroatoms. The fourth-order valence-electron chi connectivity index (χ4n) is 6.91. The van der Waals surface area contributed by atoms with Gasteiger partial charge in [-0.25, -0.2) is 4.67 Å². The monoisotopic (exact) mass is 656 g/mol. The standard InChI is InChI=1S/C36H42BN2O7P/c1-23(2)39(24(3)4)47(42-22-10-21-38)46-30-31-36(45-34(30)37)32(43-31)33(36)44-35(25-11-8-7-9-12-25,26-13-17-28(40-5)18-14-26)27-15-19-29(41-6)20-16-27/h7-9,11-20,23-24,30-34H,10,22H2,1-6H3/t30-,31?,32-,33+,34?,36?,47?/m1/s1. The van der Waals surface area contributed by atoms with Gasteiger partial charge in [-0.05, 0) is 68.7 Å². The Bertz CT molecular complexity index is 1480. The maximum Gasteiger partial charge on any atom is 0.259 e. The summed E-state index contributed by atoms with van der Waals surface area (Å²) < 4.78 is 46.4. The second-order valence-electron chi connectivity index (χ2n) is 12.6. The minimum absolute atomic E-state index is 0.142. The van der Waals surface area contributed by atoms with E-state index < -0.39 is 44.0 Å². The SMILES string of the molecule is [B]C1OC23C(O[C@@H]2[C@@H]3OC(c2ccccc2)(c2ccc(OC)cc2)c2ccc(OC)cc2)[C@H]1OP(OCCC#N)N(C(C)C)C(C)C. The zero-order valence-electron chi connectivity index (χ0n) is 27.7. The molecule has 2 aliphatic heterocycles. The van der Waals surface area contributed by atoms with Crippen LogP contribution in [-0.2, 0) is 28.9 Å². The van der Waals surface area contributed by atoms with Gasteiger partial charge in [-0.2, -0.15) is 5.26 Å². The quantitative estimate of drug-likeness (QED) is 0.0835. The van der Waals surface area contributed by atoms with Crippen molar-refractivity contribution in [1.82, 2.24) is 4.67 Å². The van der Waals surface area contributed by atoms with Gasteiger partial charge < -0.3 is 32.7 Å². The highest BCUT2D eigenvalue weighted by Crippen LogP contribution is 2.67. The van der Waals surface area contributed by atoms with Crippen molar-refractivity contribution >= 4 is 16.4 Å². The van der Waals surface area contributed by atoms with Crippen molar-refractivity contribution in [2.45, 2.75) is 87.8 Å². The first-order valence-corrected chi connectivity index (χ1v) is 17.2. The maximum absolute atomic E-state index is 9.15. The van der Waals surface area contributed by atoms with E-state index >= 15 is 0 Å². The molecule has 2 saturated heterocycles. The van der Waals surface area contributed by atoms with E-state index in [1.165, 1.54) is 0 Å². The van der Waals surface area contributed by atoms with Gasteiger partial charge in [-0.3, -0.25) is 0 Å². The van der Waals surface area contributed by atoms with Crippen LogP contribution in [0.1, 0.15) is 50.8 Å². The van der Waals surface area contributed by atoms with Crippen LogP contribution in [0.3, 0.4) is 0 Å². The van der Waals surface area contributed by atoms with Crippen LogP contribution in [0.25, 0.3) is 0 Å². The number of hydrogen-bond acceptors (Lipinski definition) is 9. The fraction of sp³-hybridized carbons (Fsp3) is 0.472. The summed E-state index contributed by atoms with van der Waals surface area (Å²) in [6.45, 7) is 8.65. The van der Waals surface area contributed by atoms with Crippen LogP contribution < -0.4 is 9.47 Å². The number of nitriles is 1. The van der Waals surface area contributed by atoms with Crippen molar-refractivity contribution in [3.05, 3.63) is 95.6 Å². The van der Waals surface area contributed by atoms with Gasteiger partial charge in [0.1, 0.15) is 49.4 Å². The Morgan fingerprint density at radius 1 is 0.872 bits per heavy atom. The van der Waals surface area contributed by atoms with Crippen LogP contribution in [-0.4, -0.2) is 81.4 Å². The number of nitrogens with zero attached hydrogens (tertiary/aromatic N) is 2. The number of hydrogen-bond donors (Lipinski definition) is 0. The minimum atomic E-state index is -1.55. The molecule has 0 aromatic heterocycles. The first-order chi connectivity index (χ1) is 22.7. The molecule has 9 nitrogen and oxygen atoms in total. The molecule has 2 heterocycles. The topological polar surface area (TPSA) is 91.6 Å². The summed E-state index contributed by atoms with van der Waals surface area (Å²) in [4.78, 5) is 0. The van der Waals surface area contributed by atoms with Gasteiger partial charge in [0.2, 0.25) is 0 Å². The molecule has 0 N–H and O–H groups in total. The molecule has 7 atom stereocenters. The van der Waals surface area contributed by atoms with Crippen molar-refractivity contribution in [3.63, 3.8) is 0 Å². The van der Waals surface area contributed by atoms with Crippen molar-refractivity contribution < 1.29 is 32.7 Å². The second-order valence-corrected chi connectivity index (χ2v) is 14.0. The summed E-state index contributed by atoms with van der Waals surface area (Å²) in [5.74, 6) is 1.49. The third-order valence-electron chi connectivity index (χ3n) is 9.11. The van der Waals surface area contributed by atoms with Gasteiger partial charge in [0.05, 0.1) is 33.3 Å². The molecule has 1 spiro atoms. The zero-order valence-corrected chi connectivity index (χ0v) is 28.6. The second kappa shape index (κ2) is 13.9. The van der Waals surface area contributed by atoms with Gasteiger partial charge >= 0.3 is 0 Å². The third-order valence-corrected chi connectivity index (χ3v) is 11.2. The average Bonchev–Trinajstić information content (AvgIpc) is 3.46. The van der Waals surface area contributed by atoms with Crippen molar-refractivity contribution in [1.29, 1.82) is 5.26 Å². The third kappa shape index (κ3) is 5.98. The first-order valence-electron chi connectivity index (χ1n) is 16.1. The largest absolute Gasteiger partial charge is 0.497 e. The van der Waals surface area contributed by atoms with E-state index in [1.54, 1.807) is 14.2 Å². The Labute approximate surface area is 280 Å². The van der Waals surface area contributed by atoms with Crippen LogP contribution in [0.4, 0.5) is 0 Å². The lowest BCUT2D eigenvalue weighted by atomic mass is 9.80. The van der Waals surface area contributed by atoms with E-state index in [1.807, 2.05) is 66.7 Å². The van der Waals surface area contributed by atoms with Gasteiger partial charge in [0.25, 0.3) is 8.53 Å². The van der Waals surface area contributed by atoms with Crippen LogP contribution in [0, 0.1) is 11.3 Å². The Morgan fingerprint density at radius 3 is 1.94 bits per heavy atom. The van der Waals surface area contributed by atoms with Crippen LogP contribution in [0.5, 0.6) is 11.5 Å². The molecule has 3 aliphatic rings. The minimum Gasteiger partial charge on any atom is -0.497 e. The molecular weight excluding hydrogens is 614 g/mol. The van der Waals surface area contributed by atoms with Crippen molar-refractivity contribution in [2.24, 2.45) is 0 Å². The molecule has 1 saturated carbocycles. The maximum atomic E-state index is 9.15. The van der Waals surface area contributed by atoms with E-state index in [4.69, 9.17) is 45.8 Å². The summed E-state index contributed by atoms with van der Waals surface area (Å²) >= 11 is 0. The van der Waals surface area contributed by atoms with E-state index in [-0.39, 0.29) is 31.2 Å². The smallest absolute Gasteiger partial charge is 0.259 e. The predicted octanol–water partition coefficient (Wildman–Crippen LogP) is 6.09. The van der Waals surface area contributed by atoms with Crippen LogP contribution >= 0.6 is 8.53 Å². The molecular formula is C36H42BN2O7P. The van der Waals surface area contributed by atoms with Crippen molar-refractivity contribution in [3.8, 4) is 17.6 Å². The van der Waals surface area contributed by atoms with Gasteiger partial charge in [-0.15, -0.1) is 0 Å². The molecule has 6 rings (SSSR count). The summed E-state index contributed by atoms with van der Waals surface area (Å²) in [7, 11) is 8.42. The van der Waals surface area contributed by atoms with Crippen LogP contribution in [0.15, 0.2) is 78.9 Å². The Hall–Kier alpha value is -3.00. The zero-order chi connectivity index (χ0) is 33.3. The molecule has 246 valence electrons. The lowest BCUT2D eigenvalue weighted by Gasteiger charge is -2.39. The number of methoxy groups -OCH3 is 2. The molecule has 3 fully saturated rings. The van der Waals surface area contributed by atoms with Gasteiger partial charge in [-0.1, -0.05) is 54.6 Å². The Balaban J connectivity index is 1.35. The Morgan fingerprint density at radius 2 is 1.43 bits per heavy atom. The lowest BCUT2D eigenvalue weighted by Crippen LogP contribution is -2.49. The van der Waals surface area contributed by atoms with Crippen molar-refractivity contribution in [2.75, 3.05) is 20.8 Å². The highest BCUT2D eigenvalue weighted by atomic mass is 31.2. The summed E-state index contributed by atoms with van der Waals surface area (Å²) in [5.41, 5.74) is 0.988. The lowest BCUT2D eigenvalue weighted by molar-refractivity contribution is -0.155. The van der Waals surface area contributed by atoms with E-state index in [9.17, 15) is 0 Å². The van der Waals surface area contributed by atoms with Crippen LogP contribution in [0.2, 0.25) is 0 Å². The van der Waals surface area contributed by atoms with E-state index in [0.717, 1.165) is 28.2 Å². The number of rotatable bonds is 15. The van der Waals surface area contributed by atoms with E-state index in [0.29, 0.717) is 0 Å². The normalized spacial score (nSPS) is 26.8. The summed E-state index contributed by atoms with van der Waals surface area (Å²) in [6.07, 6.45) is -1.52. The highest BCUT2D eigenvalue weighted by Gasteiger charge is 2.87. The average molecular weight is 657 g/mol. The van der Waals surface area contributed by atoms with Gasteiger partial charge in [0.15, 0.2) is 5.60 Å². The molecule has 2 radical (unpaired) electrons. The number of ether oxygens (including phenoxy) is 5. The predicted molar refractivity (Wildman–Crippen MR) is 179 cm³/mol. The molecule has 47 heavy (non-hydrogen) atoms. The molecule has 0 amide bonds. The molecule has 3 aromatic rings. The van der Waals surface area contributed by atoms with E-state index in [2.05, 4.69) is 50.6 Å². The summed E-state index contributed by atoms with van der Waals surface area (Å²) in [5, 5.41) is 9.15. The number of benzene rings is 3. The van der Waals surface area contributed by atoms with Gasteiger partial charge in [0, 0.05) is 18.1 Å². The fourth-order valence-corrected chi connectivity index (χ4v) is 8.66. The molecule has 4 unspecified atom stereocenters. The molecule has 0 bridgehead atoms. The molecule has 3 aromatic carbocycles. The highest BCUT2D eigenvalue weighted by molar-refractivity contribution is 7.44. The Kier molecular flexibility index (Phi) is 9.99. The first kappa shape index (κ1) is 33.9. The summed E-state index contributed by atoms with van der Waals surface area (Å²) in [6, 6.07) is 27.7. The molecule has 1 aliphatic carbocycles.